The lowest BCUT2D eigenvalue weighted by atomic mass is 10.1. The SMILES string of the molecule is Cn1cc(C(N)C(=O)Nc2ccc([N+](=O)[O-])cc2Cl)cn1. The lowest BCUT2D eigenvalue weighted by molar-refractivity contribution is -0.384. The number of nitro groups is 1. The monoisotopic (exact) mass is 309 g/mol. The number of benzene rings is 1. The van der Waals surface area contributed by atoms with Crippen LogP contribution in [-0.4, -0.2) is 20.6 Å². The molecule has 0 fully saturated rings. The number of amides is 1. The Morgan fingerprint density at radius 2 is 2.29 bits per heavy atom. The highest BCUT2D eigenvalue weighted by molar-refractivity contribution is 6.34. The summed E-state index contributed by atoms with van der Waals surface area (Å²) in [6.07, 6.45) is 3.11. The van der Waals surface area contributed by atoms with Crippen LogP contribution in [0.2, 0.25) is 5.02 Å². The van der Waals surface area contributed by atoms with Crippen LogP contribution in [0, 0.1) is 10.1 Å². The van der Waals surface area contributed by atoms with Gasteiger partial charge in [0.05, 0.1) is 21.8 Å². The summed E-state index contributed by atoms with van der Waals surface area (Å²) in [7, 11) is 1.71. The van der Waals surface area contributed by atoms with Crippen LogP contribution in [-0.2, 0) is 11.8 Å². The number of nitro benzene ring substituents is 1. The highest BCUT2D eigenvalue weighted by atomic mass is 35.5. The zero-order valence-electron chi connectivity index (χ0n) is 11.0. The molecule has 1 aromatic carbocycles. The van der Waals surface area contributed by atoms with E-state index >= 15 is 0 Å². The molecule has 9 heteroatoms. The molecule has 0 radical (unpaired) electrons. The first-order valence-electron chi connectivity index (χ1n) is 5.87. The van der Waals surface area contributed by atoms with Gasteiger partial charge in [-0.25, -0.2) is 0 Å². The quantitative estimate of drug-likeness (QED) is 0.657. The molecule has 0 aliphatic heterocycles. The number of nitrogens with one attached hydrogen (secondary N) is 1. The lowest BCUT2D eigenvalue weighted by Crippen LogP contribution is -2.27. The molecule has 1 unspecified atom stereocenters. The zero-order chi connectivity index (χ0) is 15.6. The highest BCUT2D eigenvalue weighted by Gasteiger charge is 2.19. The Labute approximate surface area is 124 Å². The molecule has 2 aromatic rings. The topological polar surface area (TPSA) is 116 Å². The van der Waals surface area contributed by atoms with Gasteiger partial charge in [-0.2, -0.15) is 5.10 Å². The van der Waals surface area contributed by atoms with Gasteiger partial charge in [0, 0.05) is 30.9 Å². The second-order valence-corrected chi connectivity index (χ2v) is 4.74. The van der Waals surface area contributed by atoms with Crippen LogP contribution in [0.4, 0.5) is 11.4 Å². The molecule has 0 bridgehead atoms. The summed E-state index contributed by atoms with van der Waals surface area (Å²) in [6.45, 7) is 0. The average Bonchev–Trinajstić information content (AvgIpc) is 2.86. The van der Waals surface area contributed by atoms with Gasteiger partial charge in [-0.15, -0.1) is 0 Å². The van der Waals surface area contributed by atoms with Crippen molar-refractivity contribution in [1.29, 1.82) is 0 Å². The van der Waals surface area contributed by atoms with Crippen LogP contribution in [0.1, 0.15) is 11.6 Å². The molecule has 8 nitrogen and oxygen atoms in total. The first-order valence-corrected chi connectivity index (χ1v) is 6.25. The molecule has 0 spiro atoms. The predicted molar refractivity (Wildman–Crippen MR) is 76.9 cm³/mol. The number of aromatic nitrogens is 2. The van der Waals surface area contributed by atoms with E-state index in [4.69, 9.17) is 17.3 Å². The fourth-order valence-electron chi connectivity index (χ4n) is 1.68. The van der Waals surface area contributed by atoms with E-state index in [1.165, 1.54) is 23.0 Å². The largest absolute Gasteiger partial charge is 0.323 e. The summed E-state index contributed by atoms with van der Waals surface area (Å²) < 4.78 is 1.53. The summed E-state index contributed by atoms with van der Waals surface area (Å²) in [4.78, 5) is 22.1. The minimum atomic E-state index is -0.912. The predicted octanol–water partition coefficient (Wildman–Crippen LogP) is 1.62. The number of nitrogens with zero attached hydrogens (tertiary/aromatic N) is 3. The van der Waals surface area contributed by atoms with Gasteiger partial charge in [0.15, 0.2) is 0 Å². The molecule has 1 heterocycles. The van der Waals surface area contributed by atoms with Crippen molar-refractivity contribution in [1.82, 2.24) is 9.78 Å². The molecule has 0 aliphatic rings. The smallest absolute Gasteiger partial charge is 0.271 e. The maximum absolute atomic E-state index is 12.0. The van der Waals surface area contributed by atoms with Gasteiger partial charge in [-0.3, -0.25) is 19.6 Å². The van der Waals surface area contributed by atoms with Crippen molar-refractivity contribution in [3.8, 4) is 0 Å². The number of anilines is 1. The third-order valence-corrected chi connectivity index (χ3v) is 3.10. The van der Waals surface area contributed by atoms with Crippen LogP contribution in [0.15, 0.2) is 30.6 Å². The number of carbonyl (C=O) groups is 1. The van der Waals surface area contributed by atoms with Crippen molar-refractivity contribution >= 4 is 28.9 Å². The first kappa shape index (κ1) is 14.9. The van der Waals surface area contributed by atoms with E-state index in [9.17, 15) is 14.9 Å². The van der Waals surface area contributed by atoms with Gasteiger partial charge in [0.2, 0.25) is 5.91 Å². The second kappa shape index (κ2) is 5.90. The molecule has 0 saturated carbocycles. The number of halogens is 1. The van der Waals surface area contributed by atoms with E-state index in [0.717, 1.165) is 6.07 Å². The Morgan fingerprint density at radius 1 is 1.57 bits per heavy atom. The maximum atomic E-state index is 12.0. The Bertz CT molecular complexity index is 700. The Kier molecular flexibility index (Phi) is 4.20. The van der Waals surface area contributed by atoms with Gasteiger partial charge in [-0.05, 0) is 6.07 Å². The molecule has 1 amide bonds. The van der Waals surface area contributed by atoms with Gasteiger partial charge in [-0.1, -0.05) is 11.6 Å². The van der Waals surface area contributed by atoms with Crippen LogP contribution in [0.3, 0.4) is 0 Å². The van der Waals surface area contributed by atoms with Gasteiger partial charge in [0.1, 0.15) is 6.04 Å². The molecular weight excluding hydrogens is 298 g/mol. The molecular formula is C12H12ClN5O3. The number of non-ortho nitro benzene ring substituents is 1. The van der Waals surface area contributed by atoms with Gasteiger partial charge >= 0.3 is 0 Å². The van der Waals surface area contributed by atoms with Crippen molar-refractivity contribution in [2.24, 2.45) is 12.8 Å². The third-order valence-electron chi connectivity index (χ3n) is 2.79. The highest BCUT2D eigenvalue weighted by Crippen LogP contribution is 2.27. The minimum absolute atomic E-state index is 0.0657. The third kappa shape index (κ3) is 3.36. The van der Waals surface area contributed by atoms with Crippen molar-refractivity contribution in [2.75, 3.05) is 5.32 Å². The maximum Gasteiger partial charge on any atom is 0.271 e. The Balaban J connectivity index is 2.14. The van der Waals surface area contributed by atoms with Crippen LogP contribution < -0.4 is 11.1 Å². The molecule has 2 rings (SSSR count). The van der Waals surface area contributed by atoms with Crippen LogP contribution in [0.5, 0.6) is 0 Å². The summed E-state index contributed by atoms with van der Waals surface area (Å²) in [5, 5.41) is 17.1. The molecule has 0 aliphatic carbocycles. The molecule has 1 aromatic heterocycles. The fourth-order valence-corrected chi connectivity index (χ4v) is 1.90. The number of aryl methyl sites for hydroxylation is 1. The second-order valence-electron chi connectivity index (χ2n) is 4.34. The number of hydrogen-bond donors (Lipinski definition) is 2. The van der Waals surface area contributed by atoms with Crippen molar-refractivity contribution < 1.29 is 9.72 Å². The van der Waals surface area contributed by atoms with E-state index in [-0.39, 0.29) is 16.4 Å². The van der Waals surface area contributed by atoms with E-state index in [1.54, 1.807) is 13.2 Å². The number of hydrogen-bond acceptors (Lipinski definition) is 5. The standard InChI is InChI=1S/C12H12ClN5O3/c1-17-6-7(5-15-17)11(14)12(19)16-10-3-2-8(18(20)21)4-9(10)13/h2-6,11H,14H2,1H3,(H,16,19). The Morgan fingerprint density at radius 3 is 2.81 bits per heavy atom. The molecule has 0 saturated heterocycles. The normalized spacial score (nSPS) is 12.0. The number of rotatable bonds is 4. The van der Waals surface area contributed by atoms with Crippen molar-refractivity contribution in [3.63, 3.8) is 0 Å². The molecule has 3 N–H and O–H groups in total. The summed E-state index contributed by atoms with van der Waals surface area (Å²) in [5.74, 6) is -0.487. The summed E-state index contributed by atoms with van der Waals surface area (Å²) in [6, 6.07) is 2.85. The lowest BCUT2D eigenvalue weighted by Gasteiger charge is -2.11. The van der Waals surface area contributed by atoms with Gasteiger partial charge < -0.3 is 11.1 Å². The van der Waals surface area contributed by atoms with E-state index in [2.05, 4.69) is 10.4 Å². The average molecular weight is 310 g/mol. The van der Waals surface area contributed by atoms with Crippen molar-refractivity contribution in [2.45, 2.75) is 6.04 Å². The van der Waals surface area contributed by atoms with E-state index < -0.39 is 16.9 Å². The van der Waals surface area contributed by atoms with E-state index in [0.29, 0.717) is 5.56 Å². The number of nitrogens with two attached hydrogens (primary N) is 1. The molecule has 1 atom stereocenters. The Hall–Kier alpha value is -2.45. The van der Waals surface area contributed by atoms with Crippen LogP contribution in [0.25, 0.3) is 0 Å². The zero-order valence-corrected chi connectivity index (χ0v) is 11.7. The van der Waals surface area contributed by atoms with Crippen LogP contribution >= 0.6 is 11.6 Å². The minimum Gasteiger partial charge on any atom is -0.323 e. The first-order chi connectivity index (χ1) is 9.88. The molecule has 110 valence electrons. The molecule has 21 heavy (non-hydrogen) atoms. The van der Waals surface area contributed by atoms with E-state index in [1.807, 2.05) is 0 Å². The number of carbonyl (C=O) groups excluding carboxylic acids is 1. The van der Waals surface area contributed by atoms with Gasteiger partial charge in [0.25, 0.3) is 5.69 Å². The summed E-state index contributed by atoms with van der Waals surface area (Å²) in [5.41, 5.74) is 6.46. The fraction of sp³-hybridized carbons (Fsp3) is 0.167. The summed E-state index contributed by atoms with van der Waals surface area (Å²) >= 11 is 5.90. The van der Waals surface area contributed by atoms with Crippen molar-refractivity contribution in [3.05, 3.63) is 51.3 Å².